The van der Waals surface area contributed by atoms with Gasteiger partial charge in [0.15, 0.2) is 22.7 Å². The van der Waals surface area contributed by atoms with Gasteiger partial charge in [0.1, 0.15) is 5.58 Å². The number of benzene rings is 3. The quantitative estimate of drug-likeness (QED) is 0.246. The molecule has 1 amide bonds. The number of nitrogens with one attached hydrogen (secondary N) is 2. The van der Waals surface area contributed by atoms with Crippen molar-refractivity contribution in [3.05, 3.63) is 104 Å². The first-order chi connectivity index (χ1) is 19.6. The van der Waals surface area contributed by atoms with E-state index in [0.29, 0.717) is 24.0 Å². The van der Waals surface area contributed by atoms with Gasteiger partial charge in [0, 0.05) is 50.6 Å². The van der Waals surface area contributed by atoms with Crippen molar-refractivity contribution >= 4 is 45.5 Å². The van der Waals surface area contributed by atoms with Crippen molar-refractivity contribution in [3.63, 3.8) is 0 Å². The fourth-order valence-electron chi connectivity index (χ4n) is 4.28. The van der Waals surface area contributed by atoms with Crippen LogP contribution >= 0.6 is 11.6 Å². The molecule has 0 saturated carbocycles. The Labute approximate surface area is 244 Å². The second kappa shape index (κ2) is 13.3. The molecule has 216 valence electrons. The third kappa shape index (κ3) is 7.31. The molecule has 1 heterocycles. The number of anilines is 1. The Kier molecular flexibility index (Phi) is 9.77. The van der Waals surface area contributed by atoms with Gasteiger partial charge >= 0.3 is 11.7 Å². The first kappa shape index (κ1) is 30.2. The highest BCUT2D eigenvalue weighted by atomic mass is 35.5. The predicted octanol–water partition coefficient (Wildman–Crippen LogP) is 5.08. The molecule has 0 aliphatic carbocycles. The molecule has 0 spiro atoms. The Hall–Kier alpha value is -3.77. The number of fused-ring (bicyclic) bond motifs is 1. The lowest BCUT2D eigenvalue weighted by atomic mass is 9.97. The number of carbonyl (C=O) groups excluding carboxylic acids is 1. The minimum atomic E-state index is -1.69. The molecule has 0 bridgehead atoms. The predicted molar refractivity (Wildman–Crippen MR) is 159 cm³/mol. The van der Waals surface area contributed by atoms with Gasteiger partial charge < -0.3 is 14.1 Å². The van der Waals surface area contributed by atoms with Crippen LogP contribution in [0.5, 0.6) is 5.75 Å². The van der Waals surface area contributed by atoms with Crippen LogP contribution in [0.3, 0.4) is 0 Å². The maximum Gasteiger partial charge on any atom is 0.414 e. The summed E-state index contributed by atoms with van der Waals surface area (Å²) in [6.07, 6.45) is -0.730. The van der Waals surface area contributed by atoms with Gasteiger partial charge in [-0.3, -0.25) is 9.62 Å². The summed E-state index contributed by atoms with van der Waals surface area (Å²) >= 11 is 4.83. The lowest BCUT2D eigenvalue weighted by molar-refractivity contribution is 0.172. The standard InChI is InChI=1S/C29H30ClFN4O5S/c1-32-41(38)33-24-12-8-11-19(27(24)31)13-21-22(17-35(4)16-18-9-6-5-7-10-18)20-14-23(30)26(40-29(37)34(2)3)15-25(20)39-28(21)36/h5-12,14-15,32-33H,13,16-17H2,1-4H3. The van der Waals surface area contributed by atoms with E-state index < -0.39 is 28.7 Å². The SMILES string of the molecule is CNS(=O)Nc1cccc(Cc2c(CN(C)Cc3ccccc3)c3cc(Cl)c(OC(=O)N(C)C)cc3oc2=O)c1F. The maximum absolute atomic E-state index is 15.4. The van der Waals surface area contributed by atoms with E-state index in [9.17, 15) is 13.8 Å². The summed E-state index contributed by atoms with van der Waals surface area (Å²) < 4.78 is 43.4. The van der Waals surface area contributed by atoms with Crippen LogP contribution in [-0.4, -0.2) is 48.3 Å². The van der Waals surface area contributed by atoms with Gasteiger partial charge in [-0.2, -0.15) is 0 Å². The van der Waals surface area contributed by atoms with Crippen molar-refractivity contribution in [3.8, 4) is 5.75 Å². The number of rotatable bonds is 10. The van der Waals surface area contributed by atoms with Gasteiger partial charge in [-0.25, -0.2) is 22.9 Å². The van der Waals surface area contributed by atoms with Gasteiger partial charge in [0.2, 0.25) is 0 Å². The Bertz CT molecular complexity index is 1650. The molecule has 41 heavy (non-hydrogen) atoms. The highest BCUT2D eigenvalue weighted by molar-refractivity contribution is 7.84. The van der Waals surface area contributed by atoms with Crippen LogP contribution in [0.25, 0.3) is 11.0 Å². The Morgan fingerprint density at radius 2 is 1.78 bits per heavy atom. The second-order valence-corrected chi connectivity index (χ2v) is 11.1. The number of ether oxygens (including phenoxy) is 1. The maximum atomic E-state index is 15.4. The minimum Gasteiger partial charge on any atom is -0.422 e. The number of amides is 1. The molecule has 4 aromatic rings. The molecule has 4 rings (SSSR count). The molecule has 1 aromatic heterocycles. The first-order valence-corrected chi connectivity index (χ1v) is 14.1. The van der Waals surface area contributed by atoms with Crippen LogP contribution in [0.1, 0.15) is 22.3 Å². The summed E-state index contributed by atoms with van der Waals surface area (Å²) in [5.41, 5.74) is 1.67. The van der Waals surface area contributed by atoms with Crippen LogP contribution in [0.2, 0.25) is 5.02 Å². The van der Waals surface area contributed by atoms with E-state index in [-0.39, 0.29) is 39.6 Å². The molecule has 1 atom stereocenters. The molecule has 0 radical (unpaired) electrons. The Balaban J connectivity index is 1.81. The van der Waals surface area contributed by atoms with Crippen LogP contribution in [0.15, 0.2) is 69.9 Å². The zero-order chi connectivity index (χ0) is 29.7. The Morgan fingerprint density at radius 1 is 1.05 bits per heavy atom. The van der Waals surface area contributed by atoms with Crippen molar-refractivity contribution in [2.24, 2.45) is 0 Å². The average Bonchev–Trinajstić information content (AvgIpc) is 2.93. The highest BCUT2D eigenvalue weighted by Crippen LogP contribution is 2.34. The second-order valence-electron chi connectivity index (χ2n) is 9.58. The van der Waals surface area contributed by atoms with Crippen molar-refractivity contribution < 1.29 is 22.5 Å². The van der Waals surface area contributed by atoms with Crippen molar-refractivity contribution in [2.45, 2.75) is 19.5 Å². The van der Waals surface area contributed by atoms with Crippen molar-refractivity contribution in [2.75, 3.05) is 32.9 Å². The van der Waals surface area contributed by atoms with Gasteiger partial charge in [-0.15, -0.1) is 0 Å². The summed E-state index contributed by atoms with van der Waals surface area (Å²) in [6.45, 7) is 0.890. The van der Waals surface area contributed by atoms with Gasteiger partial charge in [-0.05, 0) is 42.9 Å². The minimum absolute atomic E-state index is 0.0264. The zero-order valence-electron chi connectivity index (χ0n) is 23.0. The van der Waals surface area contributed by atoms with Crippen LogP contribution in [-0.2, 0) is 30.7 Å². The molecule has 2 N–H and O–H groups in total. The molecule has 0 aliphatic rings. The third-order valence-electron chi connectivity index (χ3n) is 6.29. The fraction of sp³-hybridized carbons (Fsp3) is 0.241. The Morgan fingerprint density at radius 3 is 2.46 bits per heavy atom. The summed E-state index contributed by atoms with van der Waals surface area (Å²) in [4.78, 5) is 28.8. The average molecular weight is 601 g/mol. The van der Waals surface area contributed by atoms with E-state index in [1.807, 2.05) is 42.3 Å². The summed E-state index contributed by atoms with van der Waals surface area (Å²) in [7, 11) is 6.44. The summed E-state index contributed by atoms with van der Waals surface area (Å²) in [5.74, 6) is -0.595. The van der Waals surface area contributed by atoms with E-state index in [2.05, 4.69) is 9.44 Å². The molecule has 12 heteroatoms. The van der Waals surface area contributed by atoms with E-state index in [4.69, 9.17) is 20.8 Å². The summed E-state index contributed by atoms with van der Waals surface area (Å²) in [6, 6.07) is 17.4. The van der Waals surface area contributed by atoms with Crippen LogP contribution < -0.4 is 19.8 Å². The monoisotopic (exact) mass is 600 g/mol. The topological polar surface area (TPSA) is 104 Å². The summed E-state index contributed by atoms with van der Waals surface area (Å²) in [5, 5.41) is 0.673. The number of hydrogen-bond donors (Lipinski definition) is 2. The molecule has 3 aromatic carbocycles. The van der Waals surface area contributed by atoms with E-state index in [1.54, 1.807) is 18.2 Å². The van der Waals surface area contributed by atoms with Gasteiger partial charge in [0.25, 0.3) is 0 Å². The largest absolute Gasteiger partial charge is 0.422 e. The lowest BCUT2D eigenvalue weighted by Crippen LogP contribution is -2.25. The number of halogens is 2. The number of carbonyl (C=O) groups is 1. The lowest BCUT2D eigenvalue weighted by Gasteiger charge is -2.21. The van der Waals surface area contributed by atoms with E-state index in [1.165, 1.54) is 38.2 Å². The third-order valence-corrected chi connectivity index (χ3v) is 7.36. The molecule has 0 saturated heterocycles. The normalized spacial score (nSPS) is 12.0. The van der Waals surface area contributed by atoms with Crippen LogP contribution in [0, 0.1) is 5.82 Å². The fourth-order valence-corrected chi connectivity index (χ4v) is 4.94. The zero-order valence-corrected chi connectivity index (χ0v) is 24.6. The first-order valence-electron chi connectivity index (χ1n) is 12.6. The number of nitrogens with zero attached hydrogens (tertiary/aromatic N) is 2. The van der Waals surface area contributed by atoms with Gasteiger partial charge in [-0.1, -0.05) is 54.1 Å². The van der Waals surface area contributed by atoms with E-state index in [0.717, 1.165) is 5.56 Å². The molecule has 0 fully saturated rings. The van der Waals surface area contributed by atoms with E-state index >= 15 is 4.39 Å². The molecular formula is C29H30ClFN4O5S. The van der Waals surface area contributed by atoms with Crippen LogP contribution in [0.4, 0.5) is 14.9 Å². The molecule has 1 unspecified atom stereocenters. The molecular weight excluding hydrogens is 571 g/mol. The highest BCUT2D eigenvalue weighted by Gasteiger charge is 2.22. The van der Waals surface area contributed by atoms with Gasteiger partial charge in [0.05, 0.1) is 10.7 Å². The number of hydrogen-bond acceptors (Lipinski definition) is 6. The molecule has 9 nitrogen and oxygen atoms in total. The molecule has 0 aliphatic heterocycles. The van der Waals surface area contributed by atoms with Crippen molar-refractivity contribution in [1.82, 2.24) is 14.5 Å². The van der Waals surface area contributed by atoms with Crippen molar-refractivity contribution in [1.29, 1.82) is 0 Å². The smallest absolute Gasteiger partial charge is 0.414 e.